The van der Waals surface area contributed by atoms with Crippen LogP contribution in [0.3, 0.4) is 0 Å². The Morgan fingerprint density at radius 2 is 2.00 bits per heavy atom. The highest BCUT2D eigenvalue weighted by atomic mass is 35.5. The molecule has 2 aromatic heterocycles. The molecule has 28 heavy (non-hydrogen) atoms. The third-order valence-electron chi connectivity index (χ3n) is 4.34. The van der Waals surface area contributed by atoms with Crippen molar-refractivity contribution in [2.75, 3.05) is 0 Å². The van der Waals surface area contributed by atoms with Crippen LogP contribution in [0.15, 0.2) is 59.4 Å². The molecule has 0 radical (unpaired) electrons. The van der Waals surface area contributed by atoms with Gasteiger partial charge in [-0.1, -0.05) is 54.1 Å². The Morgan fingerprint density at radius 1 is 1.21 bits per heavy atom. The molecule has 0 aliphatic rings. The topological polar surface area (TPSA) is 69.5 Å². The molecule has 2 heterocycles. The third-order valence-corrected chi connectivity index (χ3v) is 5.62. The minimum Gasteiger partial charge on any atom is -0.305 e. The van der Waals surface area contributed by atoms with Crippen molar-refractivity contribution in [3.8, 4) is 17.2 Å². The average Bonchev–Trinajstić information content (AvgIpc) is 3.05. The number of benzene rings is 2. The molecule has 0 spiro atoms. The average molecular weight is 404 g/mol. The van der Waals surface area contributed by atoms with Crippen molar-refractivity contribution >= 4 is 44.3 Å². The summed E-state index contributed by atoms with van der Waals surface area (Å²) in [6.45, 7) is 1.98. The van der Waals surface area contributed by atoms with Gasteiger partial charge in [-0.2, -0.15) is 5.26 Å². The fourth-order valence-corrected chi connectivity index (χ4v) is 4.36. The maximum atomic E-state index is 12.8. The molecule has 0 aliphatic heterocycles. The summed E-state index contributed by atoms with van der Waals surface area (Å²) >= 11 is 7.89. The molecule has 4 nitrogen and oxygen atoms in total. The molecule has 2 aromatic carbocycles. The molecule has 1 N–H and O–H groups in total. The SMILES string of the molecule is Cc1sc2nc(/C(Cl)=C/c3cccc(C#N)c3)[nH]c(=O)c2c1-c1ccccc1. The van der Waals surface area contributed by atoms with Crippen molar-refractivity contribution in [3.63, 3.8) is 0 Å². The van der Waals surface area contributed by atoms with Gasteiger partial charge >= 0.3 is 0 Å². The molecule has 0 atom stereocenters. The van der Waals surface area contributed by atoms with E-state index in [1.807, 2.05) is 43.3 Å². The number of halogens is 1. The Kier molecular flexibility index (Phi) is 4.82. The van der Waals surface area contributed by atoms with E-state index >= 15 is 0 Å². The molecule has 0 amide bonds. The summed E-state index contributed by atoms with van der Waals surface area (Å²) in [6, 6.07) is 19.0. The van der Waals surface area contributed by atoms with Crippen molar-refractivity contribution in [2.45, 2.75) is 6.92 Å². The van der Waals surface area contributed by atoms with Crippen molar-refractivity contribution in [3.05, 3.63) is 86.8 Å². The van der Waals surface area contributed by atoms with Crippen LogP contribution in [-0.2, 0) is 0 Å². The van der Waals surface area contributed by atoms with E-state index in [0.29, 0.717) is 26.6 Å². The summed E-state index contributed by atoms with van der Waals surface area (Å²) in [6.07, 6.45) is 1.69. The second kappa shape index (κ2) is 7.43. The molecule has 0 saturated heterocycles. The van der Waals surface area contributed by atoms with Crippen molar-refractivity contribution in [2.24, 2.45) is 0 Å². The zero-order chi connectivity index (χ0) is 19.7. The van der Waals surface area contributed by atoms with Crippen molar-refractivity contribution < 1.29 is 0 Å². The molecule has 6 heteroatoms. The molecule has 0 fully saturated rings. The predicted molar refractivity (Wildman–Crippen MR) is 115 cm³/mol. The molecule has 136 valence electrons. The Balaban J connectivity index is 1.83. The number of nitrogens with zero attached hydrogens (tertiary/aromatic N) is 2. The van der Waals surface area contributed by atoms with Gasteiger partial charge in [-0.15, -0.1) is 11.3 Å². The number of rotatable bonds is 3. The minimum absolute atomic E-state index is 0.222. The standard InChI is InChI=1S/C22H14ClN3OS/c1-13-18(16-8-3-2-4-9-16)19-21(27)25-20(26-22(19)28-13)17(23)11-14-6-5-7-15(10-14)12-24/h2-11H,1H3,(H,25,26,27)/b17-11-. The number of H-pyrrole nitrogens is 1. The lowest BCUT2D eigenvalue weighted by atomic mass is 10.0. The molecule has 0 bridgehead atoms. The summed E-state index contributed by atoms with van der Waals surface area (Å²) in [4.78, 5) is 21.9. The highest BCUT2D eigenvalue weighted by molar-refractivity contribution is 7.19. The first-order valence-electron chi connectivity index (χ1n) is 8.53. The van der Waals surface area contributed by atoms with Crippen LogP contribution in [0.5, 0.6) is 0 Å². The fraction of sp³-hybridized carbons (Fsp3) is 0.0455. The maximum absolute atomic E-state index is 12.8. The number of fused-ring (bicyclic) bond motifs is 1. The van der Waals surface area contributed by atoms with E-state index in [1.54, 1.807) is 24.3 Å². The lowest BCUT2D eigenvalue weighted by Gasteiger charge is -2.03. The van der Waals surface area contributed by atoms with Gasteiger partial charge in [0, 0.05) is 10.4 Å². The number of aromatic nitrogens is 2. The van der Waals surface area contributed by atoms with E-state index in [9.17, 15) is 4.79 Å². The van der Waals surface area contributed by atoms with Crippen LogP contribution in [0.4, 0.5) is 0 Å². The molecule has 0 aliphatic carbocycles. The van der Waals surface area contributed by atoms with Gasteiger partial charge in [0.2, 0.25) is 0 Å². The van der Waals surface area contributed by atoms with Crippen molar-refractivity contribution in [1.82, 2.24) is 9.97 Å². The third kappa shape index (κ3) is 3.36. The first-order valence-corrected chi connectivity index (χ1v) is 9.73. The molecule has 0 saturated carbocycles. The summed E-state index contributed by atoms with van der Waals surface area (Å²) in [5.41, 5.74) is 2.97. The number of nitriles is 1. The molecule has 0 unspecified atom stereocenters. The molecular formula is C22H14ClN3OS. The van der Waals surface area contributed by atoms with Crippen LogP contribution in [0.25, 0.3) is 32.5 Å². The number of aromatic amines is 1. The van der Waals surface area contributed by atoms with Gasteiger partial charge in [0.25, 0.3) is 5.56 Å². The van der Waals surface area contributed by atoms with Gasteiger partial charge in [-0.05, 0) is 36.3 Å². The van der Waals surface area contributed by atoms with Crippen LogP contribution in [0.2, 0.25) is 0 Å². The zero-order valence-corrected chi connectivity index (χ0v) is 16.4. The monoisotopic (exact) mass is 403 g/mol. The van der Waals surface area contributed by atoms with E-state index in [4.69, 9.17) is 16.9 Å². The Labute approximate surface area is 170 Å². The van der Waals surface area contributed by atoms with Crippen molar-refractivity contribution in [1.29, 1.82) is 5.26 Å². The lowest BCUT2D eigenvalue weighted by molar-refractivity contribution is 1.14. The Morgan fingerprint density at radius 3 is 2.75 bits per heavy atom. The van der Waals surface area contributed by atoms with Crippen LogP contribution < -0.4 is 5.56 Å². The second-order valence-electron chi connectivity index (χ2n) is 6.22. The summed E-state index contributed by atoms with van der Waals surface area (Å²) in [5.74, 6) is 0.308. The number of hydrogen-bond donors (Lipinski definition) is 1. The predicted octanol–water partition coefficient (Wildman–Crippen LogP) is 5.57. The molecular weight excluding hydrogens is 390 g/mol. The number of aryl methyl sites for hydroxylation is 1. The number of hydrogen-bond acceptors (Lipinski definition) is 4. The number of thiophene rings is 1. The van der Waals surface area contributed by atoms with Crippen LogP contribution in [0.1, 0.15) is 21.8 Å². The van der Waals surface area contributed by atoms with Crippen LogP contribution in [0, 0.1) is 18.3 Å². The normalized spacial score (nSPS) is 11.5. The molecule has 4 rings (SSSR count). The fourth-order valence-electron chi connectivity index (χ4n) is 3.10. The van der Waals surface area contributed by atoms with E-state index in [0.717, 1.165) is 21.6 Å². The lowest BCUT2D eigenvalue weighted by Crippen LogP contribution is -2.10. The highest BCUT2D eigenvalue weighted by Gasteiger charge is 2.17. The quantitative estimate of drug-likeness (QED) is 0.486. The summed E-state index contributed by atoms with van der Waals surface area (Å²) < 4.78 is 0. The van der Waals surface area contributed by atoms with E-state index in [2.05, 4.69) is 16.0 Å². The largest absolute Gasteiger partial charge is 0.305 e. The second-order valence-corrected chi connectivity index (χ2v) is 7.83. The van der Waals surface area contributed by atoms with Gasteiger partial charge in [-0.3, -0.25) is 4.79 Å². The smallest absolute Gasteiger partial charge is 0.260 e. The minimum atomic E-state index is -0.222. The van der Waals surface area contributed by atoms with Gasteiger partial charge < -0.3 is 4.98 Å². The number of nitrogens with one attached hydrogen (secondary N) is 1. The summed E-state index contributed by atoms with van der Waals surface area (Å²) in [7, 11) is 0. The molecule has 4 aromatic rings. The summed E-state index contributed by atoms with van der Waals surface area (Å²) in [5, 5.41) is 9.91. The first-order chi connectivity index (χ1) is 13.6. The Bertz CT molecular complexity index is 1310. The Hall–Kier alpha value is -3.20. The van der Waals surface area contributed by atoms with Gasteiger partial charge in [0.1, 0.15) is 4.83 Å². The maximum Gasteiger partial charge on any atom is 0.260 e. The zero-order valence-electron chi connectivity index (χ0n) is 14.9. The van der Waals surface area contributed by atoms with Gasteiger partial charge in [-0.25, -0.2) is 4.98 Å². The highest BCUT2D eigenvalue weighted by Crippen LogP contribution is 2.36. The van der Waals surface area contributed by atoms with Crippen LogP contribution >= 0.6 is 22.9 Å². The van der Waals surface area contributed by atoms with E-state index in [-0.39, 0.29) is 5.56 Å². The first kappa shape index (κ1) is 18.2. The van der Waals surface area contributed by atoms with E-state index < -0.39 is 0 Å². The van der Waals surface area contributed by atoms with Gasteiger partial charge in [0.05, 0.1) is 22.1 Å². The van der Waals surface area contributed by atoms with Gasteiger partial charge in [0.15, 0.2) is 5.82 Å². The van der Waals surface area contributed by atoms with Crippen LogP contribution in [-0.4, -0.2) is 9.97 Å². The van der Waals surface area contributed by atoms with E-state index in [1.165, 1.54) is 11.3 Å².